The zero-order valence-corrected chi connectivity index (χ0v) is 51.5. The number of amides is 1. The highest BCUT2D eigenvalue weighted by Crippen LogP contribution is 2.19. The van der Waals surface area contributed by atoms with Gasteiger partial charge in [-0.15, -0.1) is 0 Å². The van der Waals surface area contributed by atoms with E-state index in [2.05, 4.69) is 43.5 Å². The Balaban J connectivity index is 3.33. The molecule has 0 saturated heterocycles. The van der Waals surface area contributed by atoms with E-state index in [0.29, 0.717) is 25.9 Å². The van der Waals surface area contributed by atoms with Gasteiger partial charge in [0, 0.05) is 12.8 Å². The molecule has 0 spiro atoms. The third kappa shape index (κ3) is 61.6. The number of ether oxygens (including phenoxy) is 1. The molecule has 6 heteroatoms. The van der Waals surface area contributed by atoms with Crippen molar-refractivity contribution < 1.29 is 24.5 Å². The van der Waals surface area contributed by atoms with Gasteiger partial charge in [0.1, 0.15) is 0 Å². The minimum Gasteiger partial charge on any atom is -0.466 e. The van der Waals surface area contributed by atoms with Crippen molar-refractivity contribution in [3.05, 3.63) is 24.3 Å². The molecule has 0 rings (SSSR count). The minimum absolute atomic E-state index is 0.00939. The number of aliphatic hydroxyl groups is 2. The van der Waals surface area contributed by atoms with Gasteiger partial charge in [-0.2, -0.15) is 0 Å². The molecular weight excluding hydrogens is 935 g/mol. The molecule has 76 heavy (non-hydrogen) atoms. The van der Waals surface area contributed by atoms with Crippen molar-refractivity contribution in [2.24, 2.45) is 0 Å². The Morgan fingerprint density at radius 2 is 0.632 bits per heavy atom. The highest BCUT2D eigenvalue weighted by molar-refractivity contribution is 5.76. The number of rotatable bonds is 65. The molecule has 0 saturated carbocycles. The van der Waals surface area contributed by atoms with Crippen molar-refractivity contribution in [2.45, 2.75) is 398 Å². The fraction of sp³-hybridized carbons (Fsp3) is 0.914. The lowest BCUT2D eigenvalue weighted by Crippen LogP contribution is -2.45. The van der Waals surface area contributed by atoms with Crippen LogP contribution in [-0.2, 0) is 14.3 Å². The Hall–Kier alpha value is -1.66. The number of hydrogen-bond acceptors (Lipinski definition) is 5. The summed E-state index contributed by atoms with van der Waals surface area (Å²) in [6.07, 6.45) is 82.4. The first-order valence-corrected chi connectivity index (χ1v) is 34.6. The highest BCUT2D eigenvalue weighted by Gasteiger charge is 2.20. The van der Waals surface area contributed by atoms with E-state index < -0.39 is 12.1 Å². The summed E-state index contributed by atoms with van der Waals surface area (Å²) in [5, 5.41) is 23.3. The Morgan fingerprint density at radius 1 is 0.355 bits per heavy atom. The molecular formula is C70H135NO5. The summed E-state index contributed by atoms with van der Waals surface area (Å²) >= 11 is 0. The Kier molecular flexibility index (Phi) is 64.4. The Labute approximate surface area is 475 Å². The second-order valence-electron chi connectivity index (χ2n) is 23.9. The van der Waals surface area contributed by atoms with Crippen LogP contribution in [0, 0.1) is 0 Å². The summed E-state index contributed by atoms with van der Waals surface area (Å²) in [5.74, 6) is -0.0200. The zero-order valence-electron chi connectivity index (χ0n) is 51.5. The second-order valence-corrected chi connectivity index (χ2v) is 23.9. The van der Waals surface area contributed by atoms with Gasteiger partial charge in [-0.3, -0.25) is 9.59 Å². The summed E-state index contributed by atoms with van der Waals surface area (Å²) in [6.45, 7) is 4.94. The number of aliphatic hydroxyl groups excluding tert-OH is 2. The summed E-state index contributed by atoms with van der Waals surface area (Å²) in [7, 11) is 0. The molecule has 3 N–H and O–H groups in total. The number of unbranched alkanes of at least 4 members (excludes halogenated alkanes) is 50. The largest absolute Gasteiger partial charge is 0.466 e. The van der Waals surface area contributed by atoms with Crippen LogP contribution < -0.4 is 5.32 Å². The Morgan fingerprint density at radius 3 is 0.974 bits per heavy atom. The molecule has 0 aliphatic carbocycles. The molecule has 0 bridgehead atoms. The number of nitrogens with one attached hydrogen (secondary N) is 1. The number of allylic oxidation sites excluding steroid dienone is 4. The van der Waals surface area contributed by atoms with Crippen molar-refractivity contribution >= 4 is 11.9 Å². The predicted molar refractivity (Wildman–Crippen MR) is 333 cm³/mol. The topological polar surface area (TPSA) is 95.9 Å². The van der Waals surface area contributed by atoms with Crippen molar-refractivity contribution in [3.63, 3.8) is 0 Å². The normalized spacial score (nSPS) is 12.6. The monoisotopic (exact) mass is 1070 g/mol. The van der Waals surface area contributed by atoms with E-state index in [1.54, 1.807) is 0 Å². The van der Waals surface area contributed by atoms with E-state index in [1.165, 1.54) is 308 Å². The molecule has 0 heterocycles. The SMILES string of the molecule is CCCC/C=C\CCCCCCCC(=O)OCCCCCCCCCCCCCCCC/C=C\CCCCCCCCCCCCCCCCCCCC(=O)NC(CO)C(O)CCCCCCCCCCCCCCC. The van der Waals surface area contributed by atoms with Crippen LogP contribution in [0.1, 0.15) is 386 Å². The molecule has 2 atom stereocenters. The van der Waals surface area contributed by atoms with Crippen LogP contribution in [0.4, 0.5) is 0 Å². The smallest absolute Gasteiger partial charge is 0.305 e. The standard InChI is InChI=1S/C70H135NO5/c1-3-5-7-9-11-13-15-39-43-46-50-54-58-62-68(73)67(66-72)71-69(74)63-59-55-51-47-44-40-37-35-33-31-29-27-25-23-21-19-17-16-18-20-22-24-26-28-30-32-34-36-38-41-45-49-53-57-61-65-76-70(75)64-60-56-52-48-42-14-12-10-8-6-4-2/h10,12,18,20,67-68,72-73H,3-9,11,13-17,19,21-66H2,1-2H3,(H,71,74)/b12-10-,20-18-. The van der Waals surface area contributed by atoms with Crippen LogP contribution in [0.2, 0.25) is 0 Å². The molecule has 1 amide bonds. The average Bonchev–Trinajstić information content (AvgIpc) is 3.42. The lowest BCUT2D eigenvalue weighted by Gasteiger charge is -2.22. The molecule has 0 aliphatic heterocycles. The van der Waals surface area contributed by atoms with E-state index in [1.807, 2.05) is 0 Å². The maximum absolute atomic E-state index is 12.5. The van der Waals surface area contributed by atoms with Crippen LogP contribution in [-0.4, -0.2) is 47.4 Å². The van der Waals surface area contributed by atoms with E-state index in [4.69, 9.17) is 4.74 Å². The van der Waals surface area contributed by atoms with Gasteiger partial charge in [0.2, 0.25) is 5.91 Å². The van der Waals surface area contributed by atoms with Crippen molar-refractivity contribution in [1.82, 2.24) is 5.32 Å². The van der Waals surface area contributed by atoms with Crippen molar-refractivity contribution in [3.8, 4) is 0 Å². The third-order valence-electron chi connectivity index (χ3n) is 16.2. The fourth-order valence-electron chi connectivity index (χ4n) is 10.9. The summed E-state index contributed by atoms with van der Waals surface area (Å²) in [4.78, 5) is 24.5. The number of carbonyl (C=O) groups excluding carboxylic acids is 2. The zero-order chi connectivity index (χ0) is 55.0. The quantitative estimate of drug-likeness (QED) is 0.0320. The van der Waals surface area contributed by atoms with Crippen molar-refractivity contribution in [2.75, 3.05) is 13.2 Å². The lowest BCUT2D eigenvalue weighted by atomic mass is 10.0. The van der Waals surface area contributed by atoms with Crippen LogP contribution in [0.25, 0.3) is 0 Å². The molecule has 0 aromatic heterocycles. The van der Waals surface area contributed by atoms with Gasteiger partial charge in [-0.05, 0) is 70.6 Å². The summed E-state index contributed by atoms with van der Waals surface area (Å²) in [6, 6.07) is -0.537. The second kappa shape index (κ2) is 65.9. The van der Waals surface area contributed by atoms with Gasteiger partial charge >= 0.3 is 5.97 Å². The Bertz CT molecular complexity index is 1190. The first kappa shape index (κ1) is 74.3. The molecule has 0 aromatic rings. The minimum atomic E-state index is -0.660. The maximum atomic E-state index is 12.5. The summed E-state index contributed by atoms with van der Waals surface area (Å²) < 4.78 is 5.47. The van der Waals surface area contributed by atoms with Gasteiger partial charge in [0.15, 0.2) is 0 Å². The van der Waals surface area contributed by atoms with Gasteiger partial charge in [-0.25, -0.2) is 0 Å². The van der Waals surface area contributed by atoms with Gasteiger partial charge < -0.3 is 20.3 Å². The summed E-state index contributed by atoms with van der Waals surface area (Å²) in [5.41, 5.74) is 0. The third-order valence-corrected chi connectivity index (χ3v) is 16.2. The molecule has 0 fully saturated rings. The van der Waals surface area contributed by atoms with Crippen LogP contribution in [0.5, 0.6) is 0 Å². The number of hydrogen-bond donors (Lipinski definition) is 3. The number of esters is 1. The first-order chi connectivity index (χ1) is 37.5. The molecule has 450 valence electrons. The van der Waals surface area contributed by atoms with E-state index in [0.717, 1.165) is 44.9 Å². The lowest BCUT2D eigenvalue weighted by molar-refractivity contribution is -0.143. The van der Waals surface area contributed by atoms with Gasteiger partial charge in [-0.1, -0.05) is 327 Å². The van der Waals surface area contributed by atoms with Crippen molar-refractivity contribution in [1.29, 1.82) is 0 Å². The highest BCUT2D eigenvalue weighted by atomic mass is 16.5. The predicted octanol–water partition coefficient (Wildman–Crippen LogP) is 22.1. The molecule has 0 aromatic carbocycles. The number of carbonyl (C=O) groups is 2. The first-order valence-electron chi connectivity index (χ1n) is 34.6. The maximum Gasteiger partial charge on any atom is 0.305 e. The molecule has 2 unspecified atom stereocenters. The molecule has 0 radical (unpaired) electrons. The van der Waals surface area contributed by atoms with E-state index in [-0.39, 0.29) is 18.5 Å². The fourth-order valence-corrected chi connectivity index (χ4v) is 10.9. The molecule has 0 aliphatic rings. The van der Waals surface area contributed by atoms with Gasteiger partial charge in [0.25, 0.3) is 0 Å². The average molecular weight is 1070 g/mol. The van der Waals surface area contributed by atoms with Gasteiger partial charge in [0.05, 0.1) is 25.4 Å². The van der Waals surface area contributed by atoms with Crippen LogP contribution >= 0.6 is 0 Å². The van der Waals surface area contributed by atoms with Crippen LogP contribution in [0.15, 0.2) is 24.3 Å². The van der Waals surface area contributed by atoms with E-state index >= 15 is 0 Å². The van der Waals surface area contributed by atoms with Crippen LogP contribution in [0.3, 0.4) is 0 Å². The van der Waals surface area contributed by atoms with E-state index in [9.17, 15) is 19.8 Å². The molecule has 6 nitrogen and oxygen atoms in total.